The van der Waals surface area contributed by atoms with Crippen molar-refractivity contribution >= 4 is 5.70 Å². The van der Waals surface area contributed by atoms with Crippen molar-refractivity contribution in [3.8, 4) is 0 Å². The summed E-state index contributed by atoms with van der Waals surface area (Å²) in [5, 5.41) is 31.6. The Bertz CT molecular complexity index is 493. The third-order valence-electron chi connectivity index (χ3n) is 1.79. The second kappa shape index (κ2) is 4.79. The van der Waals surface area contributed by atoms with E-state index in [1.54, 1.807) is 0 Å². The highest BCUT2D eigenvalue weighted by molar-refractivity contribution is 5.58. The van der Waals surface area contributed by atoms with E-state index in [0.29, 0.717) is 0 Å². The molecule has 88 valence electrons. The molecule has 9 nitrogen and oxygen atoms in total. The fourth-order valence-electron chi connectivity index (χ4n) is 1.15. The van der Waals surface area contributed by atoms with E-state index in [-0.39, 0.29) is 5.56 Å². The largest absolute Gasteiger partial charge is 0.637 e. The zero-order valence-corrected chi connectivity index (χ0v) is 8.18. The van der Waals surface area contributed by atoms with Gasteiger partial charge >= 0.3 is 11.5 Å². The first-order chi connectivity index (χ1) is 7.95. The Kier molecular flexibility index (Phi) is 3.44. The number of nitro groups is 3. The van der Waals surface area contributed by atoms with Crippen molar-refractivity contribution < 1.29 is 14.8 Å². The van der Waals surface area contributed by atoms with Crippen LogP contribution in [0.3, 0.4) is 0 Å². The molecule has 0 spiro atoms. The lowest BCUT2D eigenvalue weighted by Gasteiger charge is -1.95. The van der Waals surface area contributed by atoms with Gasteiger partial charge in [0, 0.05) is 0 Å². The predicted octanol–water partition coefficient (Wildman–Crippen LogP) is 1.14. The van der Waals surface area contributed by atoms with Gasteiger partial charge in [-0.3, -0.25) is 30.3 Å². The molecule has 0 heterocycles. The second-order valence-corrected chi connectivity index (χ2v) is 2.81. The first kappa shape index (κ1) is 12.2. The van der Waals surface area contributed by atoms with Gasteiger partial charge in [-0.25, -0.2) is 0 Å². The van der Waals surface area contributed by atoms with Crippen LogP contribution in [0.5, 0.6) is 0 Å². The van der Waals surface area contributed by atoms with E-state index in [1.165, 1.54) is 30.3 Å². The molecule has 9 heteroatoms. The topological polar surface area (TPSA) is 129 Å². The Morgan fingerprint density at radius 3 is 1.65 bits per heavy atom. The van der Waals surface area contributed by atoms with E-state index in [2.05, 4.69) is 0 Å². The number of hydrogen-bond acceptors (Lipinski definition) is 6. The minimum atomic E-state index is -1.65. The lowest BCUT2D eigenvalue weighted by molar-refractivity contribution is -0.621. The lowest BCUT2D eigenvalue weighted by Crippen LogP contribution is -2.16. The van der Waals surface area contributed by atoms with Crippen molar-refractivity contribution in [3.05, 3.63) is 72.1 Å². The number of hydrogen-bond donors (Lipinski definition) is 0. The number of benzene rings is 1. The molecule has 0 aliphatic heterocycles. The molecule has 17 heavy (non-hydrogen) atoms. The van der Waals surface area contributed by atoms with Gasteiger partial charge in [0.15, 0.2) is 0 Å². The van der Waals surface area contributed by atoms with Crippen LogP contribution in [-0.2, 0) is 0 Å². The van der Waals surface area contributed by atoms with Crippen molar-refractivity contribution in [3.63, 3.8) is 0 Å². The molecule has 1 rings (SSSR count). The molecule has 0 aliphatic carbocycles. The molecule has 0 bridgehead atoms. The maximum absolute atomic E-state index is 10.7. The third-order valence-corrected chi connectivity index (χ3v) is 1.79. The molecule has 0 saturated heterocycles. The smallest absolute Gasteiger partial charge is 0.258 e. The van der Waals surface area contributed by atoms with Crippen molar-refractivity contribution in [2.75, 3.05) is 0 Å². The van der Waals surface area contributed by atoms with Crippen LogP contribution in [0.25, 0.3) is 5.70 Å². The quantitative estimate of drug-likeness (QED) is 0.572. The maximum atomic E-state index is 10.7. The summed E-state index contributed by atoms with van der Waals surface area (Å²) in [6.07, 6.45) is 0. The van der Waals surface area contributed by atoms with Crippen LogP contribution in [0.4, 0.5) is 0 Å². The van der Waals surface area contributed by atoms with Crippen LogP contribution in [0.1, 0.15) is 5.56 Å². The molecule has 0 N–H and O–H groups in total. The highest BCUT2D eigenvalue weighted by Crippen LogP contribution is 2.20. The fourth-order valence-corrected chi connectivity index (χ4v) is 1.15. The second-order valence-electron chi connectivity index (χ2n) is 2.81. The van der Waals surface area contributed by atoms with Crippen molar-refractivity contribution in [2.24, 2.45) is 0 Å². The first-order valence-electron chi connectivity index (χ1n) is 4.18. The predicted molar refractivity (Wildman–Crippen MR) is 54.3 cm³/mol. The monoisotopic (exact) mass is 239 g/mol. The SMILES string of the molecule is O=[N+]([O-])C(=C([N+](=O)[O-])[N+](=O)[O-])c1ccccc1. The van der Waals surface area contributed by atoms with Gasteiger partial charge in [0.2, 0.25) is 0 Å². The van der Waals surface area contributed by atoms with Crippen LogP contribution in [0.15, 0.2) is 36.2 Å². The molecule has 0 aromatic heterocycles. The lowest BCUT2D eigenvalue weighted by atomic mass is 10.1. The van der Waals surface area contributed by atoms with Crippen LogP contribution in [-0.4, -0.2) is 14.8 Å². The number of nitrogens with zero attached hydrogens (tertiary/aromatic N) is 3. The molecule has 1 aromatic rings. The van der Waals surface area contributed by atoms with Gasteiger partial charge in [0.05, 0.1) is 10.5 Å². The van der Waals surface area contributed by atoms with E-state index in [0.717, 1.165) is 0 Å². The zero-order chi connectivity index (χ0) is 13.0. The molecule has 0 fully saturated rings. The summed E-state index contributed by atoms with van der Waals surface area (Å²) in [5.41, 5.74) is -1.33. The molecule has 0 radical (unpaired) electrons. The fraction of sp³-hybridized carbons (Fsp3) is 0. The highest BCUT2D eigenvalue weighted by Gasteiger charge is 2.42. The van der Waals surface area contributed by atoms with Gasteiger partial charge in [-0.15, -0.1) is 0 Å². The van der Waals surface area contributed by atoms with Gasteiger partial charge in [0.1, 0.15) is 9.85 Å². The molecule has 0 atom stereocenters. The summed E-state index contributed by atoms with van der Waals surface area (Å²) in [4.78, 5) is 27.7. The molecular weight excluding hydrogens is 234 g/mol. The van der Waals surface area contributed by atoms with Crippen molar-refractivity contribution in [1.29, 1.82) is 0 Å². The minimum Gasteiger partial charge on any atom is -0.258 e. The van der Waals surface area contributed by atoms with Gasteiger partial charge in [-0.05, 0) is 12.1 Å². The van der Waals surface area contributed by atoms with Crippen molar-refractivity contribution in [1.82, 2.24) is 0 Å². The summed E-state index contributed by atoms with van der Waals surface area (Å²) in [7, 11) is 0. The molecule has 0 amide bonds. The first-order valence-corrected chi connectivity index (χ1v) is 4.18. The Labute approximate surface area is 93.4 Å². The van der Waals surface area contributed by atoms with Crippen molar-refractivity contribution in [2.45, 2.75) is 0 Å². The van der Waals surface area contributed by atoms with Gasteiger partial charge in [-0.2, -0.15) is 0 Å². The van der Waals surface area contributed by atoms with E-state index in [4.69, 9.17) is 0 Å². The van der Waals surface area contributed by atoms with Gasteiger partial charge in [-0.1, -0.05) is 18.2 Å². The summed E-state index contributed by atoms with van der Waals surface area (Å²) in [5.74, 6) is -1.65. The van der Waals surface area contributed by atoms with Crippen LogP contribution in [0, 0.1) is 30.3 Å². The third kappa shape index (κ3) is 2.59. The van der Waals surface area contributed by atoms with E-state index in [1.807, 2.05) is 0 Å². The highest BCUT2D eigenvalue weighted by atomic mass is 16.7. The van der Waals surface area contributed by atoms with E-state index in [9.17, 15) is 30.3 Å². The Hall–Kier alpha value is -2.84. The van der Waals surface area contributed by atoms with E-state index < -0.39 is 26.3 Å². The average Bonchev–Trinajstić information content (AvgIpc) is 2.25. The summed E-state index contributed by atoms with van der Waals surface area (Å²) in [6.45, 7) is 0. The summed E-state index contributed by atoms with van der Waals surface area (Å²) < 4.78 is 0. The Morgan fingerprint density at radius 1 is 0.824 bits per heavy atom. The molecule has 1 aromatic carbocycles. The van der Waals surface area contributed by atoms with Gasteiger partial charge < -0.3 is 0 Å². The molecule has 0 unspecified atom stereocenters. The molecular formula is C8H5N3O6. The van der Waals surface area contributed by atoms with Crippen LogP contribution in [0.2, 0.25) is 0 Å². The zero-order valence-electron chi connectivity index (χ0n) is 8.18. The molecule has 0 aliphatic rings. The standard InChI is InChI=1S/C8H5N3O6/c12-9(13)7(6-4-2-1-3-5-6)8(10(14)15)11(16)17/h1-5H. The summed E-state index contributed by atoms with van der Waals surface area (Å²) >= 11 is 0. The summed E-state index contributed by atoms with van der Waals surface area (Å²) in [6, 6.07) is 6.67. The number of rotatable bonds is 4. The maximum Gasteiger partial charge on any atom is 0.637 e. The average molecular weight is 239 g/mol. The van der Waals surface area contributed by atoms with E-state index >= 15 is 0 Å². The van der Waals surface area contributed by atoms with Crippen LogP contribution >= 0.6 is 0 Å². The minimum absolute atomic E-state index is 0.194. The normalized spacial score (nSPS) is 9.41. The van der Waals surface area contributed by atoms with Gasteiger partial charge in [0.25, 0.3) is 0 Å². The Morgan fingerprint density at radius 2 is 1.29 bits per heavy atom. The Balaban J connectivity index is 3.55. The van der Waals surface area contributed by atoms with Crippen LogP contribution < -0.4 is 0 Å². The molecule has 0 saturated carbocycles.